The van der Waals surface area contributed by atoms with Crippen LogP contribution >= 0.6 is 0 Å². The van der Waals surface area contributed by atoms with E-state index in [0.717, 1.165) is 36.7 Å². The van der Waals surface area contributed by atoms with Gasteiger partial charge in [-0.2, -0.15) is 9.97 Å². The molecule has 0 amide bonds. The molecule has 27 heavy (non-hydrogen) atoms. The minimum atomic E-state index is 0.273. The van der Waals surface area contributed by atoms with Crippen LogP contribution in [-0.2, 0) is 13.1 Å². The smallest absolute Gasteiger partial charge is 0.226 e. The number of nitrogens with zero attached hydrogens (tertiary/aromatic N) is 4. The van der Waals surface area contributed by atoms with E-state index in [1.165, 1.54) is 11.1 Å². The normalized spacial score (nSPS) is 17.3. The van der Waals surface area contributed by atoms with Crippen LogP contribution in [0.5, 0.6) is 0 Å². The molecule has 2 aromatic heterocycles. The first kappa shape index (κ1) is 16.0. The Morgan fingerprint density at radius 2 is 1.96 bits per heavy atom. The summed E-state index contributed by atoms with van der Waals surface area (Å²) in [5.41, 5.74) is 10.1. The summed E-state index contributed by atoms with van der Waals surface area (Å²) < 4.78 is 0. The zero-order chi connectivity index (χ0) is 18.1. The lowest BCUT2D eigenvalue weighted by atomic mass is 10.0. The number of nitrogens with one attached hydrogen (secondary N) is 3. The molecule has 0 bridgehead atoms. The molecule has 0 radical (unpaired) electrons. The summed E-state index contributed by atoms with van der Waals surface area (Å²) in [6.45, 7) is 2.44. The summed E-state index contributed by atoms with van der Waals surface area (Å²) in [5, 5.41) is 3.33. The van der Waals surface area contributed by atoms with E-state index in [1.807, 2.05) is 24.4 Å². The van der Waals surface area contributed by atoms with Crippen LogP contribution in [0, 0.1) is 0 Å². The van der Waals surface area contributed by atoms with Gasteiger partial charge in [-0.25, -0.2) is 5.43 Å². The van der Waals surface area contributed by atoms with Gasteiger partial charge in [0, 0.05) is 32.0 Å². The van der Waals surface area contributed by atoms with Crippen LogP contribution in [0.3, 0.4) is 0 Å². The first-order valence-corrected chi connectivity index (χ1v) is 9.22. The molecule has 0 spiro atoms. The third-order valence-electron chi connectivity index (χ3n) is 5.02. The van der Waals surface area contributed by atoms with Gasteiger partial charge in [0.1, 0.15) is 5.82 Å². The summed E-state index contributed by atoms with van der Waals surface area (Å²) in [6, 6.07) is 14.8. The Morgan fingerprint density at radius 1 is 1.07 bits per heavy atom. The lowest BCUT2D eigenvalue weighted by Crippen LogP contribution is -2.34. The SMILES string of the molecule is c1ccc(CN2CCC3NNc4nc(NCc5cccnc5)nc2c43)cc1. The van der Waals surface area contributed by atoms with E-state index in [2.05, 4.69) is 55.3 Å². The number of hydrogen-bond donors (Lipinski definition) is 3. The van der Waals surface area contributed by atoms with Gasteiger partial charge in [0.2, 0.25) is 5.95 Å². The largest absolute Gasteiger partial charge is 0.352 e. The van der Waals surface area contributed by atoms with Gasteiger partial charge >= 0.3 is 0 Å². The molecule has 5 rings (SSSR count). The number of rotatable bonds is 5. The fourth-order valence-corrected chi connectivity index (χ4v) is 3.67. The van der Waals surface area contributed by atoms with Crippen LogP contribution in [0.2, 0.25) is 0 Å². The molecule has 3 N–H and O–H groups in total. The molecular formula is C20H21N7. The third-order valence-corrected chi connectivity index (χ3v) is 5.02. The van der Waals surface area contributed by atoms with Crippen LogP contribution in [0.15, 0.2) is 54.9 Å². The Hall–Kier alpha value is -3.19. The van der Waals surface area contributed by atoms with Gasteiger partial charge in [0.15, 0.2) is 5.82 Å². The van der Waals surface area contributed by atoms with Crippen LogP contribution < -0.4 is 21.1 Å². The van der Waals surface area contributed by atoms with Crippen molar-refractivity contribution in [2.24, 2.45) is 0 Å². The van der Waals surface area contributed by atoms with E-state index in [1.54, 1.807) is 6.20 Å². The third kappa shape index (κ3) is 3.17. The summed E-state index contributed by atoms with van der Waals surface area (Å²) in [6.07, 6.45) is 4.66. The topological polar surface area (TPSA) is 78.0 Å². The quantitative estimate of drug-likeness (QED) is 0.646. The lowest BCUT2D eigenvalue weighted by molar-refractivity contribution is 0.534. The highest BCUT2D eigenvalue weighted by Gasteiger charge is 2.34. The van der Waals surface area contributed by atoms with Crippen molar-refractivity contribution < 1.29 is 0 Å². The molecular weight excluding hydrogens is 338 g/mol. The van der Waals surface area contributed by atoms with Crippen molar-refractivity contribution in [2.75, 3.05) is 22.2 Å². The Balaban J connectivity index is 1.43. The first-order valence-electron chi connectivity index (χ1n) is 9.22. The minimum Gasteiger partial charge on any atom is -0.352 e. The van der Waals surface area contributed by atoms with Crippen LogP contribution in [0.4, 0.5) is 17.6 Å². The predicted octanol–water partition coefficient (Wildman–Crippen LogP) is 2.87. The average Bonchev–Trinajstić information content (AvgIpc) is 3.14. The van der Waals surface area contributed by atoms with Crippen molar-refractivity contribution in [3.05, 3.63) is 71.5 Å². The van der Waals surface area contributed by atoms with E-state index in [-0.39, 0.29) is 6.04 Å². The highest BCUT2D eigenvalue weighted by molar-refractivity contribution is 5.67. The fraction of sp³-hybridized carbons (Fsp3) is 0.250. The number of pyridine rings is 1. The molecule has 7 heteroatoms. The molecule has 7 nitrogen and oxygen atoms in total. The van der Waals surface area contributed by atoms with Crippen LogP contribution in [0.1, 0.15) is 29.2 Å². The predicted molar refractivity (Wildman–Crippen MR) is 105 cm³/mol. The van der Waals surface area contributed by atoms with E-state index in [4.69, 9.17) is 4.98 Å². The lowest BCUT2D eigenvalue weighted by Gasteiger charge is -2.32. The number of anilines is 3. The van der Waals surface area contributed by atoms with E-state index in [0.29, 0.717) is 12.5 Å². The second-order valence-corrected chi connectivity index (χ2v) is 6.87. The van der Waals surface area contributed by atoms with E-state index in [9.17, 15) is 0 Å². The van der Waals surface area contributed by atoms with Gasteiger partial charge in [-0.05, 0) is 23.6 Å². The molecule has 1 unspecified atom stereocenters. The Bertz CT molecular complexity index is 930. The molecule has 1 aromatic carbocycles. The summed E-state index contributed by atoms with van der Waals surface area (Å²) in [5.74, 6) is 2.50. The first-order chi connectivity index (χ1) is 13.4. The second kappa shape index (κ2) is 6.85. The number of hydrogen-bond acceptors (Lipinski definition) is 7. The molecule has 4 heterocycles. The van der Waals surface area contributed by atoms with Crippen molar-refractivity contribution in [3.63, 3.8) is 0 Å². The summed E-state index contributed by atoms with van der Waals surface area (Å²) in [7, 11) is 0. The number of hydrazine groups is 1. The van der Waals surface area contributed by atoms with Gasteiger partial charge in [-0.1, -0.05) is 36.4 Å². The zero-order valence-electron chi connectivity index (χ0n) is 14.9. The molecule has 136 valence electrons. The Labute approximate surface area is 157 Å². The van der Waals surface area contributed by atoms with Gasteiger partial charge < -0.3 is 15.6 Å². The molecule has 0 aliphatic carbocycles. The van der Waals surface area contributed by atoms with Crippen molar-refractivity contribution in [1.29, 1.82) is 0 Å². The average molecular weight is 359 g/mol. The van der Waals surface area contributed by atoms with Gasteiger partial charge in [0.05, 0.1) is 11.6 Å². The van der Waals surface area contributed by atoms with Gasteiger partial charge in [-0.15, -0.1) is 0 Å². The maximum Gasteiger partial charge on any atom is 0.226 e. The van der Waals surface area contributed by atoms with Crippen LogP contribution in [-0.4, -0.2) is 21.5 Å². The molecule has 0 saturated heterocycles. The summed E-state index contributed by atoms with van der Waals surface area (Å²) >= 11 is 0. The molecule has 2 aliphatic rings. The van der Waals surface area contributed by atoms with E-state index >= 15 is 0 Å². The number of aromatic nitrogens is 3. The molecule has 3 aromatic rings. The maximum absolute atomic E-state index is 4.86. The van der Waals surface area contributed by atoms with Gasteiger partial charge in [-0.3, -0.25) is 4.98 Å². The monoisotopic (exact) mass is 359 g/mol. The molecule has 0 saturated carbocycles. The number of benzene rings is 1. The molecule has 1 atom stereocenters. The second-order valence-electron chi connectivity index (χ2n) is 6.87. The Morgan fingerprint density at radius 3 is 2.81 bits per heavy atom. The fourth-order valence-electron chi connectivity index (χ4n) is 3.67. The zero-order valence-corrected chi connectivity index (χ0v) is 14.9. The van der Waals surface area contributed by atoms with Crippen molar-refractivity contribution in [1.82, 2.24) is 20.4 Å². The maximum atomic E-state index is 4.86. The highest BCUT2D eigenvalue weighted by atomic mass is 15.4. The van der Waals surface area contributed by atoms with Crippen LogP contribution in [0.25, 0.3) is 0 Å². The highest BCUT2D eigenvalue weighted by Crippen LogP contribution is 2.41. The van der Waals surface area contributed by atoms with Gasteiger partial charge in [0.25, 0.3) is 0 Å². The summed E-state index contributed by atoms with van der Waals surface area (Å²) in [4.78, 5) is 16.0. The minimum absolute atomic E-state index is 0.273. The molecule has 0 fully saturated rings. The van der Waals surface area contributed by atoms with Crippen molar-refractivity contribution >= 4 is 17.6 Å². The molecule has 2 aliphatic heterocycles. The van der Waals surface area contributed by atoms with Crippen molar-refractivity contribution in [2.45, 2.75) is 25.6 Å². The Kier molecular flexibility index (Phi) is 4.06. The van der Waals surface area contributed by atoms with Crippen molar-refractivity contribution in [3.8, 4) is 0 Å². The van der Waals surface area contributed by atoms with E-state index < -0.39 is 0 Å². The standard InChI is InChI=1S/C20H21N7/c1-2-5-14(6-3-1)13-27-10-8-16-17-18(26-25-16)23-20(24-19(17)27)22-12-15-7-4-9-21-11-15/h1-7,9,11,16,25H,8,10,12-13H2,(H2,22,23,24,26).